The Bertz CT molecular complexity index is 720. The van der Waals surface area contributed by atoms with E-state index in [1.807, 2.05) is 6.92 Å². The molecule has 0 amide bonds. The standard InChI is InChI=1S/C21H32O5.C6H14O2/c1-19-7-5-13(23)9-12(19)3-4-14-15-6-8-21(26,17(25)11-22)20(15,2)10-16(24)18(14)19;1-2-3-5-8-6-4-7/h12-15,18,22-23,26H,3-11H2,1-2H3;7H,2-6H2,1H3/t12-,13-,14+,15+,18-,19+,20+,21+;/m1./s1. The lowest BCUT2D eigenvalue weighted by Crippen LogP contribution is -2.62. The number of fused-ring (bicyclic) bond motifs is 5. The normalized spacial score (nSPS) is 43.3. The van der Waals surface area contributed by atoms with Crippen molar-refractivity contribution in [2.45, 2.75) is 96.7 Å². The molecule has 4 aliphatic carbocycles. The van der Waals surface area contributed by atoms with E-state index in [2.05, 4.69) is 13.8 Å². The number of aliphatic hydroxyl groups excluding tert-OH is 3. The SMILES string of the molecule is CCCCOCCO.C[C@]12CC[C@@H](O)C[C@H]1CC[C@@H]1[C@@H]2C(=O)C[C@@]2(C)[C@H]1CC[C@]2(O)C(=O)CO. The number of carbonyl (C=O) groups excluding carboxylic acids is 2. The van der Waals surface area contributed by atoms with Crippen molar-refractivity contribution >= 4 is 11.6 Å². The molecule has 196 valence electrons. The van der Waals surface area contributed by atoms with E-state index in [0.29, 0.717) is 18.9 Å². The van der Waals surface area contributed by atoms with E-state index in [1.54, 1.807) is 0 Å². The maximum absolute atomic E-state index is 13.4. The van der Waals surface area contributed by atoms with Gasteiger partial charge in [0.15, 0.2) is 5.78 Å². The number of Topliss-reactive ketones (excluding diaryl/α,β-unsaturated/α-hetero) is 2. The number of rotatable bonds is 7. The van der Waals surface area contributed by atoms with E-state index in [9.17, 15) is 24.9 Å². The Morgan fingerprint density at radius 2 is 1.82 bits per heavy atom. The van der Waals surface area contributed by atoms with Crippen LogP contribution in [0.4, 0.5) is 0 Å². The molecule has 4 rings (SSSR count). The van der Waals surface area contributed by atoms with Crippen LogP contribution in [0.1, 0.15) is 85.0 Å². The third-order valence-electron chi connectivity index (χ3n) is 9.96. The van der Waals surface area contributed by atoms with Gasteiger partial charge < -0.3 is 25.2 Å². The van der Waals surface area contributed by atoms with Gasteiger partial charge in [-0.15, -0.1) is 0 Å². The van der Waals surface area contributed by atoms with Crippen molar-refractivity contribution in [3.63, 3.8) is 0 Å². The number of ketones is 2. The molecule has 4 aliphatic rings. The molecule has 0 aromatic heterocycles. The van der Waals surface area contributed by atoms with Crippen LogP contribution in [0.15, 0.2) is 0 Å². The van der Waals surface area contributed by atoms with Gasteiger partial charge in [0, 0.05) is 24.4 Å². The summed E-state index contributed by atoms with van der Waals surface area (Å²) in [7, 11) is 0. The minimum atomic E-state index is -1.58. The van der Waals surface area contributed by atoms with Crippen LogP contribution in [0.2, 0.25) is 0 Å². The number of hydrogen-bond acceptors (Lipinski definition) is 7. The minimum absolute atomic E-state index is 0.0154. The molecule has 34 heavy (non-hydrogen) atoms. The first kappa shape index (κ1) is 27.7. The smallest absolute Gasteiger partial charge is 0.190 e. The van der Waals surface area contributed by atoms with Gasteiger partial charge in [0.1, 0.15) is 18.0 Å². The molecule has 7 nitrogen and oxygen atoms in total. The molecular formula is C27H46O7. The first-order chi connectivity index (χ1) is 16.1. The van der Waals surface area contributed by atoms with Crippen LogP contribution in [-0.4, -0.2) is 70.1 Å². The van der Waals surface area contributed by atoms with Gasteiger partial charge in [-0.25, -0.2) is 0 Å². The molecular weight excluding hydrogens is 436 g/mol. The van der Waals surface area contributed by atoms with Gasteiger partial charge in [-0.1, -0.05) is 27.2 Å². The number of aliphatic hydroxyl groups is 4. The van der Waals surface area contributed by atoms with Crippen molar-refractivity contribution in [1.29, 1.82) is 0 Å². The second kappa shape index (κ2) is 11.0. The number of hydrogen-bond donors (Lipinski definition) is 4. The Morgan fingerprint density at radius 3 is 2.47 bits per heavy atom. The van der Waals surface area contributed by atoms with Gasteiger partial charge in [-0.05, 0) is 74.5 Å². The summed E-state index contributed by atoms with van der Waals surface area (Å²) in [4.78, 5) is 25.7. The van der Waals surface area contributed by atoms with Crippen LogP contribution < -0.4 is 0 Å². The third-order valence-corrected chi connectivity index (χ3v) is 9.96. The molecule has 0 aromatic carbocycles. The zero-order valence-corrected chi connectivity index (χ0v) is 21.3. The van der Waals surface area contributed by atoms with Crippen molar-refractivity contribution in [2.75, 3.05) is 26.4 Å². The minimum Gasteiger partial charge on any atom is -0.394 e. The lowest BCUT2D eigenvalue weighted by Gasteiger charge is -2.60. The fourth-order valence-corrected chi connectivity index (χ4v) is 8.06. The maximum atomic E-state index is 13.4. The van der Waals surface area contributed by atoms with Crippen molar-refractivity contribution in [2.24, 2.45) is 34.5 Å². The summed E-state index contributed by atoms with van der Waals surface area (Å²) in [6.45, 7) is 6.99. The van der Waals surface area contributed by atoms with E-state index in [-0.39, 0.29) is 48.1 Å². The molecule has 8 atom stereocenters. The van der Waals surface area contributed by atoms with E-state index in [4.69, 9.17) is 9.84 Å². The van der Waals surface area contributed by atoms with Crippen LogP contribution in [0.5, 0.6) is 0 Å². The fourth-order valence-electron chi connectivity index (χ4n) is 8.06. The highest BCUT2D eigenvalue weighted by molar-refractivity contribution is 5.92. The lowest BCUT2D eigenvalue weighted by atomic mass is 9.44. The molecule has 0 spiro atoms. The predicted molar refractivity (Wildman–Crippen MR) is 128 cm³/mol. The summed E-state index contributed by atoms with van der Waals surface area (Å²) in [5.74, 6) is 0.380. The quantitative estimate of drug-likeness (QED) is 0.411. The Hall–Kier alpha value is -0.860. The van der Waals surface area contributed by atoms with Crippen molar-refractivity contribution < 1.29 is 34.8 Å². The van der Waals surface area contributed by atoms with Crippen molar-refractivity contribution in [3.8, 4) is 0 Å². The van der Waals surface area contributed by atoms with Crippen LogP contribution >= 0.6 is 0 Å². The van der Waals surface area contributed by atoms with Crippen molar-refractivity contribution in [3.05, 3.63) is 0 Å². The predicted octanol–water partition coefficient (Wildman–Crippen LogP) is 2.66. The number of ether oxygens (including phenoxy) is 1. The highest BCUT2D eigenvalue weighted by Crippen LogP contribution is 2.67. The van der Waals surface area contributed by atoms with Gasteiger partial charge in [0.05, 0.1) is 19.3 Å². The van der Waals surface area contributed by atoms with Crippen LogP contribution in [0, 0.1) is 34.5 Å². The average Bonchev–Trinajstić information content (AvgIpc) is 3.08. The van der Waals surface area contributed by atoms with Gasteiger partial charge in [-0.2, -0.15) is 0 Å². The van der Waals surface area contributed by atoms with Crippen LogP contribution in [0.25, 0.3) is 0 Å². The van der Waals surface area contributed by atoms with E-state index < -0.39 is 23.4 Å². The second-order valence-corrected chi connectivity index (χ2v) is 11.7. The summed E-state index contributed by atoms with van der Waals surface area (Å²) in [5, 5.41) is 38.9. The van der Waals surface area contributed by atoms with E-state index in [1.165, 1.54) is 0 Å². The highest BCUT2D eigenvalue weighted by Gasteiger charge is 2.68. The maximum Gasteiger partial charge on any atom is 0.190 e. The van der Waals surface area contributed by atoms with E-state index in [0.717, 1.165) is 58.0 Å². The molecule has 4 saturated carbocycles. The third kappa shape index (κ3) is 4.75. The second-order valence-electron chi connectivity index (χ2n) is 11.7. The monoisotopic (exact) mass is 482 g/mol. The van der Waals surface area contributed by atoms with Gasteiger partial charge in [0.25, 0.3) is 0 Å². The largest absolute Gasteiger partial charge is 0.394 e. The van der Waals surface area contributed by atoms with Gasteiger partial charge >= 0.3 is 0 Å². The number of carbonyl (C=O) groups is 2. The Labute approximate surface area is 204 Å². The Morgan fingerprint density at radius 1 is 1.09 bits per heavy atom. The Balaban J connectivity index is 0.000000350. The molecule has 4 N–H and O–H groups in total. The summed E-state index contributed by atoms with van der Waals surface area (Å²) in [6, 6.07) is 0. The average molecular weight is 483 g/mol. The van der Waals surface area contributed by atoms with Crippen LogP contribution in [0.3, 0.4) is 0 Å². The molecule has 0 bridgehead atoms. The first-order valence-corrected chi connectivity index (χ1v) is 13.3. The molecule has 0 aromatic rings. The summed E-state index contributed by atoms with van der Waals surface area (Å²) in [5.41, 5.74) is -2.40. The molecule has 0 aliphatic heterocycles. The van der Waals surface area contributed by atoms with E-state index >= 15 is 0 Å². The highest BCUT2D eigenvalue weighted by atomic mass is 16.5. The number of unbranched alkanes of at least 4 members (excludes halogenated alkanes) is 1. The van der Waals surface area contributed by atoms with Gasteiger partial charge in [-0.3, -0.25) is 9.59 Å². The zero-order chi connectivity index (χ0) is 25.1. The molecule has 0 radical (unpaired) electrons. The van der Waals surface area contributed by atoms with Crippen molar-refractivity contribution in [1.82, 2.24) is 0 Å². The topological polar surface area (TPSA) is 124 Å². The summed E-state index contributed by atoms with van der Waals surface area (Å²) >= 11 is 0. The molecule has 0 unspecified atom stereocenters. The summed E-state index contributed by atoms with van der Waals surface area (Å²) in [6.07, 6.45) is 7.73. The lowest BCUT2D eigenvalue weighted by molar-refractivity contribution is -0.180. The fraction of sp³-hybridized carbons (Fsp3) is 0.926. The van der Waals surface area contributed by atoms with Crippen LogP contribution in [-0.2, 0) is 14.3 Å². The zero-order valence-electron chi connectivity index (χ0n) is 21.3. The molecule has 4 fully saturated rings. The first-order valence-electron chi connectivity index (χ1n) is 13.3. The van der Waals surface area contributed by atoms with Gasteiger partial charge in [0.2, 0.25) is 0 Å². The molecule has 0 heterocycles. The molecule has 0 saturated heterocycles. The Kier molecular flexibility index (Phi) is 9.00. The summed E-state index contributed by atoms with van der Waals surface area (Å²) < 4.78 is 4.97. The molecule has 7 heteroatoms.